The van der Waals surface area contributed by atoms with Crippen LogP contribution in [0.15, 0.2) is 48.5 Å². The van der Waals surface area contributed by atoms with Crippen molar-refractivity contribution in [3.8, 4) is 0 Å². The van der Waals surface area contributed by atoms with Crippen LogP contribution in [-0.4, -0.2) is 33.4 Å². The molecule has 1 N–H and O–H groups in total. The van der Waals surface area contributed by atoms with Crippen LogP contribution in [0.25, 0.3) is 11.0 Å². The summed E-state index contributed by atoms with van der Waals surface area (Å²) in [7, 11) is 2.02. The second kappa shape index (κ2) is 7.48. The quantitative estimate of drug-likeness (QED) is 0.768. The Morgan fingerprint density at radius 3 is 2.81 bits per heavy atom. The van der Waals surface area contributed by atoms with Gasteiger partial charge < -0.3 is 9.88 Å². The molecule has 6 heteroatoms. The summed E-state index contributed by atoms with van der Waals surface area (Å²) in [4.78, 5) is 19.6. The van der Waals surface area contributed by atoms with Crippen molar-refractivity contribution in [1.82, 2.24) is 14.5 Å². The second-order valence-electron chi connectivity index (χ2n) is 7.12. The minimum Gasteiger partial charge on any atom is -0.330 e. The van der Waals surface area contributed by atoms with Crippen molar-refractivity contribution < 1.29 is 9.18 Å². The number of imidazole rings is 1. The Balaban J connectivity index is 1.44. The molecule has 0 aliphatic carbocycles. The largest absolute Gasteiger partial charge is 0.330 e. The first-order valence-corrected chi connectivity index (χ1v) is 9.30. The number of hydrogen-bond donors (Lipinski definition) is 1. The summed E-state index contributed by atoms with van der Waals surface area (Å²) in [6.45, 7) is 2.30. The van der Waals surface area contributed by atoms with Gasteiger partial charge in [-0.15, -0.1) is 0 Å². The van der Waals surface area contributed by atoms with E-state index in [1.165, 1.54) is 6.07 Å². The molecule has 1 aliphatic heterocycles. The number of halogens is 1. The van der Waals surface area contributed by atoms with Crippen LogP contribution in [0.3, 0.4) is 0 Å². The Morgan fingerprint density at radius 1 is 1.22 bits per heavy atom. The Hall–Kier alpha value is -2.73. The van der Waals surface area contributed by atoms with Gasteiger partial charge >= 0.3 is 0 Å². The molecule has 1 aliphatic rings. The van der Waals surface area contributed by atoms with E-state index in [0.717, 1.165) is 36.2 Å². The highest BCUT2D eigenvalue weighted by atomic mass is 19.1. The average molecular weight is 366 g/mol. The van der Waals surface area contributed by atoms with Crippen LogP contribution < -0.4 is 5.32 Å². The van der Waals surface area contributed by atoms with Crippen molar-refractivity contribution in [3.05, 3.63) is 60.2 Å². The number of piperidine rings is 1. The monoisotopic (exact) mass is 366 g/mol. The molecular weight excluding hydrogens is 343 g/mol. The summed E-state index contributed by atoms with van der Waals surface area (Å²) < 4.78 is 15.9. The average Bonchev–Trinajstić information content (AvgIpc) is 3.00. The van der Waals surface area contributed by atoms with Gasteiger partial charge in [0.05, 0.1) is 29.2 Å². The molecule has 2 heterocycles. The number of carbonyl (C=O) groups is 1. The fraction of sp³-hybridized carbons (Fsp3) is 0.333. The lowest BCUT2D eigenvalue weighted by Gasteiger charge is -2.31. The second-order valence-corrected chi connectivity index (χ2v) is 7.12. The molecule has 0 saturated carbocycles. The molecular formula is C21H23FN4O. The highest BCUT2D eigenvalue weighted by Gasteiger charge is 2.27. The van der Waals surface area contributed by atoms with Crippen LogP contribution >= 0.6 is 0 Å². The van der Waals surface area contributed by atoms with E-state index in [2.05, 4.69) is 20.9 Å². The van der Waals surface area contributed by atoms with Crippen LogP contribution in [0.5, 0.6) is 0 Å². The van der Waals surface area contributed by atoms with Crippen molar-refractivity contribution in [1.29, 1.82) is 0 Å². The standard InChI is InChI=1S/C21H23FN4O/c1-25-19-11-5-4-10-18(19)23-20(25)14-26-12-6-7-15(13-26)21(27)24-17-9-3-2-8-16(17)22/h2-5,8-11,15H,6-7,12-14H2,1H3,(H,24,27)/t15-/m1/s1. The predicted octanol–water partition coefficient (Wildman–Crippen LogP) is 3.56. The molecule has 1 atom stereocenters. The highest BCUT2D eigenvalue weighted by Crippen LogP contribution is 2.22. The fourth-order valence-electron chi connectivity index (χ4n) is 3.75. The van der Waals surface area contributed by atoms with Crippen LogP contribution in [-0.2, 0) is 18.4 Å². The number of nitrogens with one attached hydrogen (secondary N) is 1. The van der Waals surface area contributed by atoms with Gasteiger partial charge in [0.2, 0.25) is 5.91 Å². The molecule has 1 amide bonds. The fourth-order valence-corrected chi connectivity index (χ4v) is 3.75. The summed E-state index contributed by atoms with van der Waals surface area (Å²) >= 11 is 0. The predicted molar refractivity (Wildman–Crippen MR) is 104 cm³/mol. The normalized spacial score (nSPS) is 17.9. The number of anilines is 1. The van der Waals surface area contributed by atoms with Crippen molar-refractivity contribution >= 4 is 22.6 Å². The zero-order valence-electron chi connectivity index (χ0n) is 15.4. The molecule has 1 saturated heterocycles. The Kier molecular flexibility index (Phi) is 4.90. The molecule has 27 heavy (non-hydrogen) atoms. The number of benzene rings is 2. The van der Waals surface area contributed by atoms with Gasteiger partial charge in [-0.25, -0.2) is 9.37 Å². The van der Waals surface area contributed by atoms with E-state index in [4.69, 9.17) is 4.98 Å². The molecule has 1 fully saturated rings. The number of rotatable bonds is 4. The van der Waals surface area contributed by atoms with E-state index in [1.54, 1.807) is 18.2 Å². The first-order valence-electron chi connectivity index (χ1n) is 9.30. The van der Waals surface area contributed by atoms with Crippen molar-refractivity contribution in [2.45, 2.75) is 19.4 Å². The van der Waals surface area contributed by atoms with Crippen molar-refractivity contribution in [2.75, 3.05) is 18.4 Å². The van der Waals surface area contributed by atoms with Crippen LogP contribution in [0.4, 0.5) is 10.1 Å². The van der Waals surface area contributed by atoms with Crippen LogP contribution in [0, 0.1) is 11.7 Å². The molecule has 0 radical (unpaired) electrons. The zero-order valence-corrected chi connectivity index (χ0v) is 15.4. The number of carbonyl (C=O) groups excluding carboxylic acids is 1. The van der Waals surface area contributed by atoms with E-state index in [-0.39, 0.29) is 17.5 Å². The lowest BCUT2D eigenvalue weighted by molar-refractivity contribution is -0.121. The third-order valence-electron chi connectivity index (χ3n) is 5.25. The molecule has 0 spiro atoms. The maximum absolute atomic E-state index is 13.8. The van der Waals surface area contributed by atoms with Crippen molar-refractivity contribution in [2.24, 2.45) is 13.0 Å². The van der Waals surface area contributed by atoms with E-state index >= 15 is 0 Å². The lowest BCUT2D eigenvalue weighted by Crippen LogP contribution is -2.40. The van der Waals surface area contributed by atoms with Gasteiger partial charge in [-0.3, -0.25) is 9.69 Å². The zero-order chi connectivity index (χ0) is 18.8. The number of fused-ring (bicyclic) bond motifs is 1. The van der Waals surface area contributed by atoms with E-state index in [1.807, 2.05) is 25.2 Å². The van der Waals surface area contributed by atoms with Crippen LogP contribution in [0.2, 0.25) is 0 Å². The maximum Gasteiger partial charge on any atom is 0.228 e. The molecule has 2 aromatic carbocycles. The maximum atomic E-state index is 13.8. The number of para-hydroxylation sites is 3. The number of aryl methyl sites for hydroxylation is 1. The van der Waals surface area contributed by atoms with E-state index in [9.17, 15) is 9.18 Å². The van der Waals surface area contributed by atoms with Gasteiger partial charge in [0.15, 0.2) is 0 Å². The third kappa shape index (κ3) is 3.71. The molecule has 5 nitrogen and oxygen atoms in total. The Morgan fingerprint density at radius 2 is 2.00 bits per heavy atom. The van der Waals surface area contributed by atoms with Crippen LogP contribution in [0.1, 0.15) is 18.7 Å². The minimum absolute atomic E-state index is 0.116. The van der Waals surface area contributed by atoms with Gasteiger partial charge in [0.25, 0.3) is 0 Å². The first kappa shape index (κ1) is 17.7. The molecule has 0 unspecified atom stereocenters. The number of hydrogen-bond acceptors (Lipinski definition) is 3. The third-order valence-corrected chi connectivity index (χ3v) is 5.25. The first-order chi connectivity index (χ1) is 13.1. The number of amides is 1. The Labute approximate surface area is 157 Å². The molecule has 1 aromatic heterocycles. The minimum atomic E-state index is -0.404. The van der Waals surface area contributed by atoms with Gasteiger partial charge in [-0.1, -0.05) is 24.3 Å². The molecule has 140 valence electrons. The SMILES string of the molecule is Cn1c(CN2CCC[C@@H](C(=O)Nc3ccccc3F)C2)nc2ccccc21. The van der Waals surface area contributed by atoms with E-state index < -0.39 is 5.82 Å². The number of nitrogens with zero attached hydrogens (tertiary/aromatic N) is 3. The smallest absolute Gasteiger partial charge is 0.228 e. The Bertz CT molecular complexity index is 968. The summed E-state index contributed by atoms with van der Waals surface area (Å²) in [6, 6.07) is 14.4. The summed E-state index contributed by atoms with van der Waals surface area (Å²) in [6.07, 6.45) is 1.76. The molecule has 0 bridgehead atoms. The summed E-state index contributed by atoms with van der Waals surface area (Å²) in [5, 5.41) is 2.74. The van der Waals surface area contributed by atoms with E-state index in [0.29, 0.717) is 13.1 Å². The van der Waals surface area contributed by atoms with Crippen molar-refractivity contribution in [3.63, 3.8) is 0 Å². The summed E-state index contributed by atoms with van der Waals surface area (Å²) in [5.74, 6) is 0.326. The number of aromatic nitrogens is 2. The summed E-state index contributed by atoms with van der Waals surface area (Å²) in [5.41, 5.74) is 2.34. The van der Waals surface area contributed by atoms with Gasteiger partial charge in [-0.05, 0) is 43.7 Å². The highest BCUT2D eigenvalue weighted by molar-refractivity contribution is 5.92. The topological polar surface area (TPSA) is 50.2 Å². The van der Waals surface area contributed by atoms with Gasteiger partial charge in [-0.2, -0.15) is 0 Å². The number of likely N-dealkylation sites (tertiary alicyclic amines) is 1. The molecule has 4 rings (SSSR count). The van der Waals surface area contributed by atoms with Gasteiger partial charge in [0.1, 0.15) is 11.6 Å². The molecule has 3 aromatic rings. The lowest BCUT2D eigenvalue weighted by atomic mass is 9.97. The van der Waals surface area contributed by atoms with Gasteiger partial charge in [0, 0.05) is 13.6 Å².